The number of rotatable bonds is 5. The fourth-order valence-corrected chi connectivity index (χ4v) is 2.80. The van der Waals surface area contributed by atoms with Crippen LogP contribution in [-0.4, -0.2) is 28.8 Å². The van der Waals surface area contributed by atoms with Crippen LogP contribution in [-0.2, 0) is 6.54 Å². The van der Waals surface area contributed by atoms with Gasteiger partial charge in [0.2, 0.25) is 0 Å². The summed E-state index contributed by atoms with van der Waals surface area (Å²) in [6, 6.07) is 18.2. The van der Waals surface area contributed by atoms with E-state index in [0.29, 0.717) is 6.54 Å². The summed E-state index contributed by atoms with van der Waals surface area (Å²) >= 11 is 0. The highest BCUT2D eigenvalue weighted by Gasteiger charge is 2.17. The van der Waals surface area contributed by atoms with E-state index in [1.54, 1.807) is 6.20 Å². The third kappa shape index (κ3) is 3.34. The van der Waals surface area contributed by atoms with E-state index in [1.165, 1.54) is 5.56 Å². The maximum absolute atomic E-state index is 10.8. The van der Waals surface area contributed by atoms with E-state index in [4.69, 9.17) is 0 Å². The number of anilines is 1. The molecular weight excluding hydrogens is 298 g/mol. The molecule has 1 aromatic heterocycles. The number of benzene rings is 2. The Bertz CT molecular complexity index is 792. The second-order valence-electron chi connectivity index (χ2n) is 6.19. The van der Waals surface area contributed by atoms with Crippen molar-refractivity contribution in [2.45, 2.75) is 19.6 Å². The molecule has 124 valence electrons. The molecule has 1 atom stereocenters. The lowest BCUT2D eigenvalue weighted by atomic mass is 10.1. The minimum Gasteiger partial charge on any atom is -0.382 e. The van der Waals surface area contributed by atoms with Crippen LogP contribution >= 0.6 is 0 Å². The first-order chi connectivity index (χ1) is 11.6. The summed E-state index contributed by atoms with van der Waals surface area (Å²) in [5.41, 5.74) is 3.98. The maximum atomic E-state index is 10.8. The zero-order chi connectivity index (χ0) is 17.1. The minimum absolute atomic E-state index is 0.689. The summed E-state index contributed by atoms with van der Waals surface area (Å²) in [7, 11) is 4.01. The molecule has 0 fully saturated rings. The molecule has 1 N–H and O–H groups in total. The fraction of sp³-hybridized carbons (Fsp3) is 0.250. The molecule has 0 amide bonds. The first kappa shape index (κ1) is 16.3. The number of aliphatic hydroxyl groups is 1. The summed E-state index contributed by atoms with van der Waals surface area (Å²) in [5, 5.41) is 10.8. The van der Waals surface area contributed by atoms with E-state index < -0.39 is 6.10 Å². The highest BCUT2D eigenvalue weighted by atomic mass is 16.3. The van der Waals surface area contributed by atoms with Crippen LogP contribution in [0.4, 0.5) is 5.69 Å². The molecule has 24 heavy (non-hydrogen) atoms. The second-order valence-corrected chi connectivity index (χ2v) is 6.19. The Hall–Kier alpha value is -2.59. The van der Waals surface area contributed by atoms with Crippen LogP contribution in [0, 0.1) is 6.92 Å². The fourth-order valence-electron chi connectivity index (χ4n) is 2.80. The molecule has 0 aliphatic heterocycles. The van der Waals surface area contributed by atoms with Gasteiger partial charge in [0, 0.05) is 26.3 Å². The minimum atomic E-state index is -0.689. The standard InChI is InChI=1S/C20H23N3O/c1-15-21-13-19(23(15)14-16-7-5-4-6-8-16)20(24)17-9-11-18(12-10-17)22(2)3/h4-13,20,24H,14H2,1-3H3/t20-/m1/s1. The molecule has 0 aliphatic carbocycles. The van der Waals surface area contributed by atoms with Crippen molar-refractivity contribution in [3.63, 3.8) is 0 Å². The van der Waals surface area contributed by atoms with E-state index in [9.17, 15) is 5.11 Å². The second kappa shape index (κ2) is 6.89. The molecule has 1 heterocycles. The zero-order valence-corrected chi connectivity index (χ0v) is 14.3. The van der Waals surface area contributed by atoms with Gasteiger partial charge in [-0.05, 0) is 30.2 Å². The van der Waals surface area contributed by atoms with E-state index in [0.717, 1.165) is 22.8 Å². The molecule has 3 rings (SSSR count). The molecule has 0 aliphatic rings. The summed E-state index contributed by atoms with van der Waals surface area (Å²) in [6.07, 6.45) is 1.08. The summed E-state index contributed by atoms with van der Waals surface area (Å²) in [6.45, 7) is 2.67. The Kier molecular flexibility index (Phi) is 4.67. The van der Waals surface area contributed by atoms with Gasteiger partial charge in [-0.3, -0.25) is 0 Å². The highest BCUT2D eigenvalue weighted by Crippen LogP contribution is 2.25. The van der Waals surface area contributed by atoms with E-state index in [2.05, 4.69) is 21.7 Å². The summed E-state index contributed by atoms with van der Waals surface area (Å²) < 4.78 is 2.07. The van der Waals surface area contributed by atoms with Gasteiger partial charge in [-0.25, -0.2) is 4.98 Å². The lowest BCUT2D eigenvalue weighted by molar-refractivity contribution is 0.210. The lowest BCUT2D eigenvalue weighted by Crippen LogP contribution is -2.12. The first-order valence-corrected chi connectivity index (χ1v) is 8.07. The van der Waals surface area contributed by atoms with Crippen molar-refractivity contribution >= 4 is 5.69 Å². The Morgan fingerprint density at radius 1 is 1.04 bits per heavy atom. The van der Waals surface area contributed by atoms with Gasteiger partial charge >= 0.3 is 0 Å². The van der Waals surface area contributed by atoms with Crippen molar-refractivity contribution in [1.82, 2.24) is 9.55 Å². The number of aromatic nitrogens is 2. The predicted molar refractivity (Wildman–Crippen MR) is 97.3 cm³/mol. The number of nitrogens with zero attached hydrogens (tertiary/aromatic N) is 3. The Balaban J connectivity index is 1.89. The highest BCUT2D eigenvalue weighted by molar-refractivity contribution is 5.47. The van der Waals surface area contributed by atoms with Crippen LogP contribution in [0.2, 0.25) is 0 Å². The van der Waals surface area contributed by atoms with Crippen LogP contribution < -0.4 is 4.90 Å². The Morgan fingerprint density at radius 3 is 2.33 bits per heavy atom. The molecule has 0 spiro atoms. The summed E-state index contributed by atoms with van der Waals surface area (Å²) in [5.74, 6) is 0.901. The van der Waals surface area contributed by atoms with E-state index in [1.807, 2.05) is 68.4 Å². The number of hydrogen-bond donors (Lipinski definition) is 1. The van der Waals surface area contributed by atoms with E-state index in [-0.39, 0.29) is 0 Å². The largest absolute Gasteiger partial charge is 0.382 e. The topological polar surface area (TPSA) is 41.3 Å². The van der Waals surface area contributed by atoms with Crippen molar-refractivity contribution in [2.24, 2.45) is 0 Å². The maximum Gasteiger partial charge on any atom is 0.121 e. The lowest BCUT2D eigenvalue weighted by Gasteiger charge is -2.17. The SMILES string of the molecule is Cc1ncc([C@H](O)c2ccc(N(C)C)cc2)n1Cc1ccccc1. The predicted octanol–water partition coefficient (Wildman–Crippen LogP) is 3.39. The molecule has 0 saturated heterocycles. The molecule has 0 saturated carbocycles. The zero-order valence-electron chi connectivity index (χ0n) is 14.3. The quantitative estimate of drug-likeness (QED) is 0.783. The summed E-state index contributed by atoms with van der Waals surface area (Å²) in [4.78, 5) is 6.44. The molecule has 0 unspecified atom stereocenters. The van der Waals surface area contributed by atoms with Crippen molar-refractivity contribution in [1.29, 1.82) is 0 Å². The van der Waals surface area contributed by atoms with Crippen molar-refractivity contribution in [3.8, 4) is 0 Å². The van der Waals surface area contributed by atoms with Crippen LogP contribution in [0.5, 0.6) is 0 Å². The van der Waals surface area contributed by atoms with Crippen molar-refractivity contribution in [3.05, 3.63) is 83.4 Å². The number of imidazole rings is 1. The number of aryl methyl sites for hydroxylation is 1. The van der Waals surface area contributed by atoms with Crippen LogP contribution in [0.1, 0.15) is 28.7 Å². The normalized spacial score (nSPS) is 12.2. The number of hydrogen-bond acceptors (Lipinski definition) is 3. The average Bonchev–Trinajstić information content (AvgIpc) is 2.96. The molecule has 0 bridgehead atoms. The Morgan fingerprint density at radius 2 is 1.71 bits per heavy atom. The third-order valence-electron chi connectivity index (χ3n) is 4.27. The molecule has 3 aromatic rings. The molecule has 2 aromatic carbocycles. The van der Waals surface area contributed by atoms with Gasteiger partial charge in [0.15, 0.2) is 0 Å². The van der Waals surface area contributed by atoms with Gasteiger partial charge in [-0.1, -0.05) is 42.5 Å². The molecule has 0 radical (unpaired) electrons. The van der Waals surface area contributed by atoms with Crippen LogP contribution in [0.15, 0.2) is 60.8 Å². The molecular formula is C20H23N3O. The molecule has 4 heteroatoms. The van der Waals surface area contributed by atoms with Crippen LogP contribution in [0.25, 0.3) is 0 Å². The van der Waals surface area contributed by atoms with E-state index >= 15 is 0 Å². The average molecular weight is 321 g/mol. The number of aliphatic hydroxyl groups excluding tert-OH is 1. The van der Waals surface area contributed by atoms with Gasteiger partial charge in [-0.15, -0.1) is 0 Å². The van der Waals surface area contributed by atoms with Crippen molar-refractivity contribution < 1.29 is 5.11 Å². The van der Waals surface area contributed by atoms with Gasteiger partial charge in [0.05, 0.1) is 11.9 Å². The first-order valence-electron chi connectivity index (χ1n) is 8.07. The monoisotopic (exact) mass is 321 g/mol. The molecule has 4 nitrogen and oxygen atoms in total. The third-order valence-corrected chi connectivity index (χ3v) is 4.27. The van der Waals surface area contributed by atoms with Gasteiger partial charge < -0.3 is 14.6 Å². The Labute approximate surface area is 143 Å². The van der Waals surface area contributed by atoms with Gasteiger partial charge in [0.1, 0.15) is 11.9 Å². The van der Waals surface area contributed by atoms with Gasteiger partial charge in [-0.2, -0.15) is 0 Å². The smallest absolute Gasteiger partial charge is 0.121 e. The van der Waals surface area contributed by atoms with Crippen LogP contribution in [0.3, 0.4) is 0 Å². The van der Waals surface area contributed by atoms with Crippen molar-refractivity contribution in [2.75, 3.05) is 19.0 Å². The van der Waals surface area contributed by atoms with Gasteiger partial charge in [0.25, 0.3) is 0 Å².